The highest BCUT2D eigenvalue weighted by molar-refractivity contribution is 6.04. The van der Waals surface area contributed by atoms with Gasteiger partial charge in [0.05, 0.1) is 34.2 Å². The van der Waals surface area contributed by atoms with Crippen LogP contribution in [0.2, 0.25) is 0 Å². The average Bonchev–Trinajstić information content (AvgIpc) is 3.50. The molecule has 2 aliphatic heterocycles. The Kier molecular flexibility index (Phi) is 4.27. The largest absolute Gasteiger partial charge is 0.341 e. The lowest BCUT2D eigenvalue weighted by Crippen LogP contribution is -2.32. The van der Waals surface area contributed by atoms with Crippen LogP contribution in [0.3, 0.4) is 0 Å². The molecular weight excluding hydrogens is 480 g/mol. The summed E-state index contributed by atoms with van der Waals surface area (Å²) in [6, 6.07) is 19.0. The summed E-state index contributed by atoms with van der Waals surface area (Å²) in [6.45, 7) is 4.77. The standard InChI is InChI=1S/C33H32N6/c1-32-12-11-24(34-27(32)16-32)30-37-23-10-7-20-13-18(5-8-21(20)29(23)39-30)3-4-19-6-9-22-25(14-19)38-31(36-22)26-15-33(2)17-28(33)35-26/h5-10,13-14,24,26-28,34-35H,11-12,15-17H2,1-2H3,(H,36,38)(H,37,39)/t24-,26-,27?,28?,32-,33?/m0/s1. The zero-order valence-corrected chi connectivity index (χ0v) is 22.4. The van der Waals surface area contributed by atoms with Crippen molar-refractivity contribution in [2.45, 2.75) is 70.1 Å². The van der Waals surface area contributed by atoms with Gasteiger partial charge in [0.25, 0.3) is 0 Å². The van der Waals surface area contributed by atoms with Crippen molar-refractivity contribution >= 4 is 32.8 Å². The molecule has 4 N–H and O–H groups in total. The SMILES string of the molecule is CC12CC1N[C@H](c1nc3ccc(C#Cc4ccc5c(ccc6[nH]c([C@@H]7CC[C@@]8(C)CC8N7)nc65)c4)cc3[nH]1)C2. The van der Waals surface area contributed by atoms with Gasteiger partial charge in [-0.3, -0.25) is 0 Å². The first kappa shape index (κ1) is 22.2. The quantitative estimate of drug-likeness (QED) is 0.219. The van der Waals surface area contributed by atoms with E-state index in [1.165, 1.54) is 30.0 Å². The third kappa shape index (κ3) is 3.50. The van der Waals surface area contributed by atoms with E-state index in [9.17, 15) is 0 Å². The Bertz CT molecular complexity index is 1890. The molecule has 0 radical (unpaired) electrons. The van der Waals surface area contributed by atoms with Crippen LogP contribution in [0, 0.1) is 22.7 Å². The third-order valence-electron chi connectivity index (χ3n) is 10.2. The van der Waals surface area contributed by atoms with Gasteiger partial charge in [-0.2, -0.15) is 0 Å². The molecule has 5 aromatic rings. The van der Waals surface area contributed by atoms with Gasteiger partial charge in [-0.15, -0.1) is 0 Å². The van der Waals surface area contributed by atoms with E-state index in [1.807, 2.05) is 0 Å². The van der Waals surface area contributed by atoms with E-state index in [0.717, 1.165) is 57.7 Å². The molecule has 0 bridgehead atoms. The van der Waals surface area contributed by atoms with Gasteiger partial charge in [0.2, 0.25) is 0 Å². The van der Waals surface area contributed by atoms with Gasteiger partial charge < -0.3 is 20.6 Å². The van der Waals surface area contributed by atoms with Crippen LogP contribution in [0.4, 0.5) is 0 Å². The molecule has 3 unspecified atom stereocenters. The molecule has 4 heterocycles. The number of aromatic nitrogens is 4. The molecule has 194 valence electrons. The van der Waals surface area contributed by atoms with Gasteiger partial charge in [-0.25, -0.2) is 9.97 Å². The third-order valence-corrected chi connectivity index (χ3v) is 10.2. The monoisotopic (exact) mass is 512 g/mol. The van der Waals surface area contributed by atoms with Crippen LogP contribution < -0.4 is 10.6 Å². The second-order valence-corrected chi connectivity index (χ2v) is 13.1. The summed E-state index contributed by atoms with van der Waals surface area (Å²) in [6.07, 6.45) is 6.18. The van der Waals surface area contributed by atoms with Crippen LogP contribution in [0.5, 0.6) is 0 Å². The number of fused-ring (bicyclic) bond motifs is 6. The number of benzene rings is 3. The normalized spacial score (nSPS) is 32.7. The van der Waals surface area contributed by atoms with Crippen LogP contribution in [0.25, 0.3) is 32.8 Å². The number of nitrogens with one attached hydrogen (secondary N) is 4. The number of hydrogen-bond acceptors (Lipinski definition) is 4. The van der Waals surface area contributed by atoms with Gasteiger partial charge in [-0.05, 0) is 84.7 Å². The van der Waals surface area contributed by atoms with Crippen molar-refractivity contribution in [3.63, 3.8) is 0 Å². The summed E-state index contributed by atoms with van der Waals surface area (Å²) in [5.74, 6) is 8.87. The molecule has 4 fully saturated rings. The number of imidazole rings is 2. The number of nitrogens with zero attached hydrogens (tertiary/aromatic N) is 2. The van der Waals surface area contributed by atoms with Gasteiger partial charge in [0, 0.05) is 28.6 Å². The average molecular weight is 513 g/mol. The number of H-pyrrole nitrogens is 2. The van der Waals surface area contributed by atoms with Crippen LogP contribution >= 0.6 is 0 Å². The molecule has 9 rings (SSSR count). The molecule has 0 spiro atoms. The molecule has 3 aromatic carbocycles. The number of rotatable bonds is 2. The highest BCUT2D eigenvalue weighted by Crippen LogP contribution is 2.57. The zero-order valence-electron chi connectivity index (χ0n) is 22.4. The van der Waals surface area contributed by atoms with E-state index in [1.54, 1.807) is 0 Å². The maximum Gasteiger partial charge on any atom is 0.124 e. The number of piperidine rings is 2. The Labute approximate surface area is 227 Å². The fraction of sp³-hybridized carbons (Fsp3) is 0.394. The lowest BCUT2D eigenvalue weighted by atomic mass is 9.94. The number of hydrogen-bond donors (Lipinski definition) is 4. The predicted octanol–water partition coefficient (Wildman–Crippen LogP) is 6.01. The number of aromatic amines is 2. The first-order chi connectivity index (χ1) is 18.9. The van der Waals surface area contributed by atoms with Crippen molar-refractivity contribution < 1.29 is 0 Å². The highest BCUT2D eigenvalue weighted by Gasteiger charge is 2.57. The summed E-state index contributed by atoms with van der Waals surface area (Å²) in [7, 11) is 0. The van der Waals surface area contributed by atoms with Crippen molar-refractivity contribution in [1.82, 2.24) is 30.6 Å². The minimum absolute atomic E-state index is 0.324. The second kappa shape index (κ2) is 7.50. The van der Waals surface area contributed by atoms with Gasteiger partial charge in [0.1, 0.15) is 11.6 Å². The first-order valence-corrected chi connectivity index (χ1v) is 14.4. The Morgan fingerprint density at radius 2 is 1.49 bits per heavy atom. The van der Waals surface area contributed by atoms with E-state index in [4.69, 9.17) is 9.97 Å². The van der Waals surface area contributed by atoms with Gasteiger partial charge >= 0.3 is 0 Å². The summed E-state index contributed by atoms with van der Waals surface area (Å²) < 4.78 is 0. The Balaban J connectivity index is 0.981. The Morgan fingerprint density at radius 3 is 2.33 bits per heavy atom. The zero-order chi connectivity index (χ0) is 25.9. The molecule has 39 heavy (non-hydrogen) atoms. The van der Waals surface area contributed by atoms with Crippen LogP contribution in [-0.2, 0) is 0 Å². The van der Waals surface area contributed by atoms with Gasteiger partial charge in [-0.1, -0.05) is 37.8 Å². The molecule has 2 aromatic heterocycles. The van der Waals surface area contributed by atoms with E-state index in [-0.39, 0.29) is 0 Å². The first-order valence-electron chi connectivity index (χ1n) is 14.4. The summed E-state index contributed by atoms with van der Waals surface area (Å²) in [5, 5.41) is 9.87. The van der Waals surface area contributed by atoms with Crippen molar-refractivity contribution in [1.29, 1.82) is 0 Å². The van der Waals surface area contributed by atoms with Crippen LogP contribution in [0.1, 0.15) is 80.8 Å². The molecule has 2 saturated heterocycles. The predicted molar refractivity (Wildman–Crippen MR) is 154 cm³/mol. The summed E-state index contributed by atoms with van der Waals surface area (Å²) in [4.78, 5) is 17.1. The van der Waals surface area contributed by atoms with Crippen LogP contribution in [0.15, 0.2) is 48.5 Å². The molecule has 4 aliphatic rings. The summed E-state index contributed by atoms with van der Waals surface area (Å²) >= 11 is 0. The smallest absolute Gasteiger partial charge is 0.124 e. The molecule has 2 aliphatic carbocycles. The molecule has 6 heteroatoms. The fourth-order valence-electron chi connectivity index (χ4n) is 7.28. The molecule has 2 saturated carbocycles. The van der Waals surface area contributed by atoms with E-state index < -0.39 is 0 Å². The molecule has 6 atom stereocenters. The van der Waals surface area contributed by atoms with Gasteiger partial charge in [0.15, 0.2) is 0 Å². The molecule has 6 nitrogen and oxygen atoms in total. The minimum atomic E-state index is 0.324. The Morgan fingerprint density at radius 1 is 0.744 bits per heavy atom. The molecule has 0 amide bonds. The van der Waals surface area contributed by atoms with Crippen LogP contribution in [-0.4, -0.2) is 32.0 Å². The minimum Gasteiger partial charge on any atom is -0.341 e. The maximum absolute atomic E-state index is 5.07. The highest BCUT2D eigenvalue weighted by atomic mass is 15.1. The lowest BCUT2D eigenvalue weighted by molar-refractivity contribution is 0.318. The topological polar surface area (TPSA) is 81.4 Å². The second-order valence-electron chi connectivity index (χ2n) is 13.1. The van der Waals surface area contributed by atoms with E-state index in [0.29, 0.717) is 35.0 Å². The van der Waals surface area contributed by atoms with E-state index in [2.05, 4.69) is 94.8 Å². The van der Waals surface area contributed by atoms with Crippen molar-refractivity contribution in [2.24, 2.45) is 10.8 Å². The molecular formula is C33H32N6. The lowest BCUT2D eigenvalue weighted by Gasteiger charge is -2.25. The fourth-order valence-corrected chi connectivity index (χ4v) is 7.28. The maximum atomic E-state index is 5.07. The van der Waals surface area contributed by atoms with Crippen molar-refractivity contribution in [3.8, 4) is 11.8 Å². The van der Waals surface area contributed by atoms with Crippen molar-refractivity contribution in [3.05, 3.63) is 71.3 Å². The Hall–Kier alpha value is -3.66. The summed E-state index contributed by atoms with van der Waals surface area (Å²) in [5.41, 5.74) is 7.20. The van der Waals surface area contributed by atoms with E-state index >= 15 is 0 Å². The van der Waals surface area contributed by atoms with Crippen molar-refractivity contribution in [2.75, 3.05) is 0 Å².